The second-order valence-electron chi connectivity index (χ2n) is 9.07. The smallest absolute Gasteiger partial charge is 0.234 e. The zero-order valence-corrected chi connectivity index (χ0v) is 21.3. The van der Waals surface area contributed by atoms with E-state index < -0.39 is 0 Å². The van der Waals surface area contributed by atoms with Crippen LogP contribution in [-0.2, 0) is 17.9 Å². The largest absolute Gasteiger partial charge is 0.325 e. The lowest BCUT2D eigenvalue weighted by atomic mass is 9.94. The first-order valence-corrected chi connectivity index (χ1v) is 13.3. The highest BCUT2D eigenvalue weighted by molar-refractivity contribution is 7.99. The van der Waals surface area contributed by atoms with Crippen LogP contribution >= 0.6 is 11.8 Å². The zero-order valence-electron chi connectivity index (χ0n) is 20.5. The molecule has 1 amide bonds. The molecule has 2 aromatic carbocycles. The predicted octanol–water partition coefficient (Wildman–Crippen LogP) is 5.77. The summed E-state index contributed by atoms with van der Waals surface area (Å²) in [5.74, 6) is 1.11. The molecule has 0 saturated heterocycles. The standard InChI is InChI=1S/C27H35N5OS/c1-4-32-26(23-16-10-8-12-20(23)2)29-30-27(32)34-19-25(33)28-24-17-11-9-13-21(24)18-31(3)22-14-6-5-7-15-22/h8-13,16-17,22H,4-7,14-15,18-19H2,1-3H3,(H,28,33). The summed E-state index contributed by atoms with van der Waals surface area (Å²) in [6, 6.07) is 17.0. The Labute approximate surface area is 207 Å². The number of hydrogen-bond acceptors (Lipinski definition) is 5. The van der Waals surface area contributed by atoms with Gasteiger partial charge >= 0.3 is 0 Å². The number of para-hydroxylation sites is 1. The lowest BCUT2D eigenvalue weighted by Gasteiger charge is -2.31. The van der Waals surface area contributed by atoms with E-state index in [9.17, 15) is 4.79 Å². The van der Waals surface area contributed by atoms with Gasteiger partial charge in [0.1, 0.15) is 0 Å². The normalized spacial score (nSPS) is 14.5. The fourth-order valence-electron chi connectivity index (χ4n) is 4.72. The molecule has 6 nitrogen and oxygen atoms in total. The van der Waals surface area contributed by atoms with Gasteiger partial charge in [0.15, 0.2) is 11.0 Å². The van der Waals surface area contributed by atoms with Crippen molar-refractivity contribution in [3.63, 3.8) is 0 Å². The molecule has 3 aromatic rings. The molecule has 1 aromatic heterocycles. The molecule has 180 valence electrons. The van der Waals surface area contributed by atoms with Crippen molar-refractivity contribution < 1.29 is 4.79 Å². The van der Waals surface area contributed by atoms with Crippen molar-refractivity contribution in [2.45, 2.75) is 70.2 Å². The average molecular weight is 478 g/mol. The van der Waals surface area contributed by atoms with Gasteiger partial charge in [0.2, 0.25) is 5.91 Å². The highest BCUT2D eigenvalue weighted by atomic mass is 32.2. The minimum atomic E-state index is -0.0270. The number of carbonyl (C=O) groups excluding carboxylic acids is 1. The summed E-state index contributed by atoms with van der Waals surface area (Å²) < 4.78 is 2.08. The van der Waals surface area contributed by atoms with Crippen LogP contribution in [0.2, 0.25) is 0 Å². The van der Waals surface area contributed by atoms with Gasteiger partial charge < -0.3 is 9.88 Å². The molecule has 7 heteroatoms. The number of benzene rings is 2. The van der Waals surface area contributed by atoms with E-state index in [1.807, 2.05) is 30.3 Å². The van der Waals surface area contributed by atoms with Gasteiger partial charge in [-0.15, -0.1) is 10.2 Å². The van der Waals surface area contributed by atoms with Crippen LogP contribution < -0.4 is 5.32 Å². The lowest BCUT2D eigenvalue weighted by molar-refractivity contribution is -0.113. The lowest BCUT2D eigenvalue weighted by Crippen LogP contribution is -2.33. The number of carbonyl (C=O) groups is 1. The Balaban J connectivity index is 1.39. The van der Waals surface area contributed by atoms with E-state index >= 15 is 0 Å². The molecule has 0 unspecified atom stereocenters. The number of nitrogens with zero attached hydrogens (tertiary/aromatic N) is 4. The fraction of sp³-hybridized carbons (Fsp3) is 0.444. The van der Waals surface area contributed by atoms with Gasteiger partial charge in [-0.1, -0.05) is 73.5 Å². The number of anilines is 1. The Morgan fingerprint density at radius 2 is 1.82 bits per heavy atom. The molecule has 1 heterocycles. The summed E-state index contributed by atoms with van der Waals surface area (Å²) in [7, 11) is 2.20. The Kier molecular flexibility index (Phi) is 8.40. The van der Waals surface area contributed by atoms with E-state index in [1.165, 1.54) is 43.9 Å². The van der Waals surface area contributed by atoms with Crippen molar-refractivity contribution >= 4 is 23.4 Å². The molecule has 0 atom stereocenters. The molecule has 4 rings (SSSR count). The number of aryl methyl sites for hydroxylation is 1. The van der Waals surface area contributed by atoms with E-state index in [0.717, 1.165) is 46.4 Å². The third-order valence-corrected chi connectivity index (χ3v) is 7.63. The highest BCUT2D eigenvalue weighted by Gasteiger charge is 2.20. The highest BCUT2D eigenvalue weighted by Crippen LogP contribution is 2.27. The van der Waals surface area contributed by atoms with E-state index in [0.29, 0.717) is 11.8 Å². The summed E-state index contributed by atoms with van der Waals surface area (Å²) in [6.45, 7) is 5.75. The van der Waals surface area contributed by atoms with Crippen molar-refractivity contribution in [1.29, 1.82) is 0 Å². The summed E-state index contributed by atoms with van der Waals surface area (Å²) in [5, 5.41) is 12.7. The van der Waals surface area contributed by atoms with E-state index in [1.54, 1.807) is 0 Å². The summed E-state index contributed by atoms with van der Waals surface area (Å²) in [5.41, 5.74) is 4.29. The first-order valence-electron chi connectivity index (χ1n) is 12.3. The fourth-order valence-corrected chi connectivity index (χ4v) is 5.52. The summed E-state index contributed by atoms with van der Waals surface area (Å²) >= 11 is 1.43. The van der Waals surface area contributed by atoms with E-state index in [4.69, 9.17) is 0 Å². The molecule has 1 saturated carbocycles. The van der Waals surface area contributed by atoms with Crippen molar-refractivity contribution in [1.82, 2.24) is 19.7 Å². The molecule has 0 radical (unpaired) electrons. The molecule has 1 aliphatic carbocycles. The van der Waals surface area contributed by atoms with Gasteiger partial charge in [-0.25, -0.2) is 0 Å². The van der Waals surface area contributed by atoms with Crippen molar-refractivity contribution in [3.05, 3.63) is 59.7 Å². The monoisotopic (exact) mass is 477 g/mol. The summed E-state index contributed by atoms with van der Waals surface area (Å²) in [4.78, 5) is 15.3. The van der Waals surface area contributed by atoms with Gasteiger partial charge in [0.25, 0.3) is 0 Å². The second kappa shape index (κ2) is 11.7. The van der Waals surface area contributed by atoms with Crippen LogP contribution in [0.15, 0.2) is 53.7 Å². The first-order chi connectivity index (χ1) is 16.6. The maximum atomic E-state index is 12.9. The number of aromatic nitrogens is 3. The van der Waals surface area contributed by atoms with Gasteiger partial charge in [-0.2, -0.15) is 0 Å². The molecule has 34 heavy (non-hydrogen) atoms. The first kappa shape index (κ1) is 24.5. The third-order valence-electron chi connectivity index (χ3n) is 6.66. The van der Waals surface area contributed by atoms with Crippen LogP contribution in [0.3, 0.4) is 0 Å². The molecule has 1 N–H and O–H groups in total. The molecule has 1 aliphatic rings. The van der Waals surface area contributed by atoms with E-state index in [2.05, 4.69) is 64.1 Å². The van der Waals surface area contributed by atoms with Crippen LogP contribution in [0, 0.1) is 6.92 Å². The second-order valence-corrected chi connectivity index (χ2v) is 10.0. The van der Waals surface area contributed by atoms with Gasteiger partial charge in [0, 0.05) is 30.4 Å². The van der Waals surface area contributed by atoms with Crippen LogP contribution in [0.5, 0.6) is 0 Å². The van der Waals surface area contributed by atoms with Crippen LogP contribution in [0.4, 0.5) is 5.69 Å². The van der Waals surface area contributed by atoms with E-state index in [-0.39, 0.29) is 5.91 Å². The minimum Gasteiger partial charge on any atom is -0.325 e. The maximum Gasteiger partial charge on any atom is 0.234 e. The average Bonchev–Trinajstić information content (AvgIpc) is 3.27. The number of rotatable bonds is 9. The predicted molar refractivity (Wildman–Crippen MR) is 140 cm³/mol. The van der Waals surface area contributed by atoms with Crippen LogP contribution in [0.25, 0.3) is 11.4 Å². The maximum absolute atomic E-state index is 12.9. The number of nitrogens with one attached hydrogen (secondary N) is 1. The number of amides is 1. The topological polar surface area (TPSA) is 63.1 Å². The van der Waals surface area contributed by atoms with Crippen molar-refractivity contribution in [2.24, 2.45) is 0 Å². The zero-order chi connectivity index (χ0) is 23.9. The molecule has 0 aliphatic heterocycles. The molecular weight excluding hydrogens is 442 g/mol. The Hall–Kier alpha value is -2.64. The molecule has 1 fully saturated rings. The molecular formula is C27H35N5OS. The Bertz CT molecular complexity index is 1110. The third kappa shape index (κ3) is 5.88. The quantitative estimate of drug-likeness (QED) is 0.397. The van der Waals surface area contributed by atoms with Gasteiger partial charge in [-0.3, -0.25) is 9.69 Å². The SMILES string of the molecule is CCn1c(SCC(=O)Nc2ccccc2CN(C)C2CCCCC2)nnc1-c1ccccc1C. The van der Waals surface area contributed by atoms with Gasteiger partial charge in [0.05, 0.1) is 5.75 Å². The Morgan fingerprint density at radius 3 is 2.59 bits per heavy atom. The summed E-state index contributed by atoms with van der Waals surface area (Å²) in [6.07, 6.45) is 6.53. The van der Waals surface area contributed by atoms with Crippen molar-refractivity contribution in [3.8, 4) is 11.4 Å². The Morgan fingerprint density at radius 1 is 1.09 bits per heavy atom. The van der Waals surface area contributed by atoms with Crippen LogP contribution in [0.1, 0.15) is 50.2 Å². The van der Waals surface area contributed by atoms with Crippen molar-refractivity contribution in [2.75, 3.05) is 18.1 Å². The molecule has 0 bridgehead atoms. The molecule has 0 spiro atoms. The number of thioether (sulfide) groups is 1. The van der Waals surface area contributed by atoms with Crippen LogP contribution in [-0.4, -0.2) is 44.4 Å². The number of hydrogen-bond donors (Lipinski definition) is 1. The minimum absolute atomic E-state index is 0.0270. The van der Waals surface area contributed by atoms with Gasteiger partial charge in [-0.05, 0) is 50.9 Å².